The molecule has 1 aromatic carbocycles. The zero-order valence-corrected chi connectivity index (χ0v) is 9.58. The van der Waals surface area contributed by atoms with Gasteiger partial charge in [-0.3, -0.25) is 4.79 Å². The Labute approximate surface area is 90.9 Å². The highest BCUT2D eigenvalue weighted by molar-refractivity contribution is 5.96. The van der Waals surface area contributed by atoms with Crippen LogP contribution in [0.25, 0.3) is 0 Å². The first kappa shape index (κ1) is 11.8. The molecule has 1 rings (SSSR count). The molecule has 0 amide bonds. The summed E-state index contributed by atoms with van der Waals surface area (Å²) in [7, 11) is 0. The average Bonchev–Trinajstić information content (AvgIpc) is 2.19. The molecule has 1 aromatic rings. The van der Waals surface area contributed by atoms with Crippen molar-refractivity contribution in [1.82, 2.24) is 0 Å². The first-order valence-corrected chi connectivity index (χ1v) is 5.39. The molecule has 0 saturated carbocycles. The minimum Gasteiger partial charge on any atom is -0.508 e. The number of ketones is 1. The monoisotopic (exact) mass is 206 g/mol. The lowest BCUT2D eigenvalue weighted by Crippen LogP contribution is -2.00. The van der Waals surface area contributed by atoms with E-state index in [4.69, 9.17) is 0 Å². The van der Waals surface area contributed by atoms with E-state index in [1.807, 2.05) is 6.92 Å². The van der Waals surface area contributed by atoms with Gasteiger partial charge in [-0.2, -0.15) is 0 Å². The zero-order valence-electron chi connectivity index (χ0n) is 9.58. The number of phenolic OH excluding ortho intramolecular Hbond substituents is 1. The molecule has 15 heavy (non-hydrogen) atoms. The summed E-state index contributed by atoms with van der Waals surface area (Å²) in [6, 6.07) is 5.10. The number of phenols is 1. The van der Waals surface area contributed by atoms with Crippen LogP contribution in [0.1, 0.15) is 43.1 Å². The van der Waals surface area contributed by atoms with Crippen molar-refractivity contribution in [3.8, 4) is 5.75 Å². The highest BCUT2D eigenvalue weighted by atomic mass is 16.3. The van der Waals surface area contributed by atoms with Crippen LogP contribution in [-0.2, 0) is 6.42 Å². The number of aromatic hydroxyl groups is 1. The molecule has 2 heteroatoms. The van der Waals surface area contributed by atoms with Crippen molar-refractivity contribution in [2.24, 2.45) is 5.92 Å². The molecule has 1 N–H and O–H groups in total. The normalized spacial score (nSPS) is 10.7. The van der Waals surface area contributed by atoms with Crippen molar-refractivity contribution in [2.75, 3.05) is 0 Å². The first-order valence-electron chi connectivity index (χ1n) is 5.39. The number of benzene rings is 1. The smallest absolute Gasteiger partial charge is 0.162 e. The summed E-state index contributed by atoms with van der Waals surface area (Å²) in [5.41, 5.74) is 1.57. The van der Waals surface area contributed by atoms with Crippen molar-refractivity contribution in [3.05, 3.63) is 29.3 Å². The third-order valence-electron chi connectivity index (χ3n) is 2.35. The lowest BCUT2D eigenvalue weighted by molar-refractivity contribution is 0.0988. The van der Waals surface area contributed by atoms with Crippen LogP contribution in [0.15, 0.2) is 18.2 Å². The fourth-order valence-corrected chi connectivity index (χ4v) is 1.57. The Morgan fingerprint density at radius 3 is 2.60 bits per heavy atom. The molecule has 0 saturated heterocycles. The predicted octanol–water partition coefficient (Wildman–Crippen LogP) is 3.18. The molecule has 0 aliphatic rings. The summed E-state index contributed by atoms with van der Waals surface area (Å²) >= 11 is 0. The van der Waals surface area contributed by atoms with E-state index >= 15 is 0 Å². The van der Waals surface area contributed by atoms with Crippen LogP contribution in [0, 0.1) is 5.92 Å². The van der Waals surface area contributed by atoms with Crippen LogP contribution in [0.3, 0.4) is 0 Å². The summed E-state index contributed by atoms with van der Waals surface area (Å²) in [5, 5.41) is 9.63. The van der Waals surface area contributed by atoms with Crippen LogP contribution >= 0.6 is 0 Å². The van der Waals surface area contributed by atoms with Gasteiger partial charge in [0.15, 0.2) is 5.78 Å². The zero-order chi connectivity index (χ0) is 11.4. The Morgan fingerprint density at radius 1 is 1.40 bits per heavy atom. The Balaban J connectivity index is 2.99. The van der Waals surface area contributed by atoms with Gasteiger partial charge in [-0.25, -0.2) is 0 Å². The van der Waals surface area contributed by atoms with E-state index in [2.05, 4.69) is 13.8 Å². The van der Waals surface area contributed by atoms with Gasteiger partial charge >= 0.3 is 0 Å². The standard InChI is InChI=1S/C13H18O2/c1-4-12(14)10-5-6-13(15)11(8-10)7-9(2)3/h5-6,8-9,15H,4,7H2,1-3H3. The number of carbonyl (C=O) groups excluding carboxylic acids is 1. The fraction of sp³-hybridized carbons (Fsp3) is 0.462. The number of rotatable bonds is 4. The van der Waals surface area contributed by atoms with Gasteiger partial charge in [-0.1, -0.05) is 20.8 Å². The van der Waals surface area contributed by atoms with Gasteiger partial charge in [0.2, 0.25) is 0 Å². The second-order valence-corrected chi connectivity index (χ2v) is 4.22. The van der Waals surface area contributed by atoms with E-state index in [9.17, 15) is 9.90 Å². The molecular weight excluding hydrogens is 188 g/mol. The lowest BCUT2D eigenvalue weighted by Gasteiger charge is -2.09. The van der Waals surface area contributed by atoms with Crippen molar-refractivity contribution in [1.29, 1.82) is 0 Å². The van der Waals surface area contributed by atoms with Crippen LogP contribution < -0.4 is 0 Å². The van der Waals surface area contributed by atoms with Gasteiger partial charge < -0.3 is 5.11 Å². The van der Waals surface area contributed by atoms with Gasteiger partial charge in [0.25, 0.3) is 0 Å². The van der Waals surface area contributed by atoms with E-state index in [-0.39, 0.29) is 11.5 Å². The molecule has 2 nitrogen and oxygen atoms in total. The van der Waals surface area contributed by atoms with Crippen LogP contribution in [0.4, 0.5) is 0 Å². The minimum atomic E-state index is 0.125. The summed E-state index contributed by atoms with van der Waals surface area (Å²) in [5.74, 6) is 0.888. The third kappa shape index (κ3) is 3.08. The van der Waals surface area contributed by atoms with E-state index < -0.39 is 0 Å². The van der Waals surface area contributed by atoms with Crippen molar-refractivity contribution in [3.63, 3.8) is 0 Å². The number of carbonyl (C=O) groups is 1. The van der Waals surface area contributed by atoms with Crippen LogP contribution in [-0.4, -0.2) is 10.9 Å². The Bertz CT molecular complexity index is 354. The maximum atomic E-state index is 11.5. The molecule has 0 radical (unpaired) electrons. The number of Topliss-reactive ketones (excluding diaryl/α,β-unsaturated/α-hetero) is 1. The molecule has 0 spiro atoms. The number of hydrogen-bond donors (Lipinski definition) is 1. The average molecular weight is 206 g/mol. The highest BCUT2D eigenvalue weighted by Gasteiger charge is 2.08. The Kier molecular flexibility index (Phi) is 3.89. The molecule has 0 atom stereocenters. The fourth-order valence-electron chi connectivity index (χ4n) is 1.57. The summed E-state index contributed by atoms with van der Waals surface area (Å²) in [6.07, 6.45) is 1.31. The van der Waals surface area contributed by atoms with E-state index in [0.717, 1.165) is 12.0 Å². The summed E-state index contributed by atoms with van der Waals surface area (Å²) in [4.78, 5) is 11.5. The molecule has 0 fully saturated rings. The van der Waals surface area contributed by atoms with E-state index in [1.54, 1.807) is 18.2 Å². The largest absolute Gasteiger partial charge is 0.508 e. The van der Waals surface area contributed by atoms with Crippen molar-refractivity contribution >= 4 is 5.78 Å². The second kappa shape index (κ2) is 4.96. The molecule has 0 unspecified atom stereocenters. The van der Waals surface area contributed by atoms with Crippen LogP contribution in [0.5, 0.6) is 5.75 Å². The SMILES string of the molecule is CCC(=O)c1ccc(O)c(CC(C)C)c1. The van der Waals surface area contributed by atoms with E-state index in [0.29, 0.717) is 17.9 Å². The molecular formula is C13H18O2. The Morgan fingerprint density at radius 2 is 2.07 bits per heavy atom. The van der Waals surface area contributed by atoms with Crippen molar-refractivity contribution in [2.45, 2.75) is 33.6 Å². The predicted molar refractivity (Wildman–Crippen MR) is 61.3 cm³/mol. The summed E-state index contributed by atoms with van der Waals surface area (Å²) in [6.45, 7) is 6.03. The van der Waals surface area contributed by atoms with Gasteiger partial charge in [0.05, 0.1) is 0 Å². The van der Waals surface area contributed by atoms with Gasteiger partial charge in [0, 0.05) is 12.0 Å². The van der Waals surface area contributed by atoms with Crippen molar-refractivity contribution < 1.29 is 9.90 Å². The van der Waals surface area contributed by atoms with Gasteiger partial charge in [-0.05, 0) is 36.1 Å². The molecule has 0 aliphatic heterocycles. The molecule has 82 valence electrons. The first-order chi connectivity index (χ1) is 7.04. The molecule has 0 aliphatic carbocycles. The second-order valence-electron chi connectivity index (χ2n) is 4.22. The van der Waals surface area contributed by atoms with Crippen LogP contribution in [0.2, 0.25) is 0 Å². The Hall–Kier alpha value is -1.31. The maximum Gasteiger partial charge on any atom is 0.162 e. The highest BCUT2D eigenvalue weighted by Crippen LogP contribution is 2.22. The summed E-state index contributed by atoms with van der Waals surface area (Å²) < 4.78 is 0. The minimum absolute atomic E-state index is 0.125. The van der Waals surface area contributed by atoms with Gasteiger partial charge in [-0.15, -0.1) is 0 Å². The quantitative estimate of drug-likeness (QED) is 0.768. The van der Waals surface area contributed by atoms with Gasteiger partial charge in [0.1, 0.15) is 5.75 Å². The topological polar surface area (TPSA) is 37.3 Å². The maximum absolute atomic E-state index is 11.5. The molecule has 0 heterocycles. The third-order valence-corrected chi connectivity index (χ3v) is 2.35. The molecule has 0 aromatic heterocycles. The molecule has 0 bridgehead atoms. The van der Waals surface area contributed by atoms with E-state index in [1.165, 1.54) is 0 Å². The lowest BCUT2D eigenvalue weighted by atomic mass is 9.98. The number of hydrogen-bond acceptors (Lipinski definition) is 2.